The molecular formula is C19H17N5OS. The third kappa shape index (κ3) is 3.39. The molecule has 26 heavy (non-hydrogen) atoms. The van der Waals surface area contributed by atoms with Crippen LogP contribution in [0, 0.1) is 6.92 Å². The van der Waals surface area contributed by atoms with Crippen molar-refractivity contribution in [3.8, 4) is 0 Å². The van der Waals surface area contributed by atoms with Crippen LogP contribution in [0.5, 0.6) is 0 Å². The minimum atomic E-state index is -0.0387. The van der Waals surface area contributed by atoms with Crippen LogP contribution in [0.3, 0.4) is 0 Å². The molecule has 0 unspecified atom stereocenters. The Morgan fingerprint density at radius 3 is 2.81 bits per heavy atom. The number of benzene rings is 2. The molecule has 0 fully saturated rings. The van der Waals surface area contributed by atoms with Crippen LogP contribution < -0.4 is 5.32 Å². The zero-order chi connectivity index (χ0) is 17.9. The van der Waals surface area contributed by atoms with Gasteiger partial charge in [-0.2, -0.15) is 0 Å². The quantitative estimate of drug-likeness (QED) is 0.552. The van der Waals surface area contributed by atoms with Crippen molar-refractivity contribution in [3.05, 3.63) is 66.0 Å². The normalized spacial score (nSPS) is 11.1. The molecule has 2 aromatic heterocycles. The summed E-state index contributed by atoms with van der Waals surface area (Å²) in [6.45, 7) is 2.56. The number of nitrogens with one attached hydrogen (secondary N) is 1. The van der Waals surface area contributed by atoms with Gasteiger partial charge in [0.2, 0.25) is 5.91 Å². The largest absolute Gasteiger partial charge is 0.351 e. The molecule has 0 aliphatic rings. The van der Waals surface area contributed by atoms with E-state index >= 15 is 0 Å². The van der Waals surface area contributed by atoms with E-state index in [-0.39, 0.29) is 11.7 Å². The van der Waals surface area contributed by atoms with Crippen molar-refractivity contribution in [2.45, 2.75) is 18.5 Å². The van der Waals surface area contributed by atoms with E-state index in [0.29, 0.717) is 17.2 Å². The number of carbonyl (C=O) groups is 1. The summed E-state index contributed by atoms with van der Waals surface area (Å²) in [5.41, 5.74) is 4.75. The zero-order valence-corrected chi connectivity index (χ0v) is 15.0. The summed E-state index contributed by atoms with van der Waals surface area (Å²) < 4.78 is 1.90. The Morgan fingerprint density at radius 1 is 1.15 bits per heavy atom. The number of para-hydroxylation sites is 2. The van der Waals surface area contributed by atoms with Crippen molar-refractivity contribution in [3.63, 3.8) is 0 Å². The molecule has 0 bridgehead atoms. The number of amides is 1. The van der Waals surface area contributed by atoms with Gasteiger partial charge in [0.05, 0.1) is 16.8 Å². The first-order valence-corrected chi connectivity index (χ1v) is 9.23. The van der Waals surface area contributed by atoms with Gasteiger partial charge in [-0.15, -0.1) is 10.2 Å². The summed E-state index contributed by atoms with van der Waals surface area (Å²) in [4.78, 5) is 16.8. The fourth-order valence-electron chi connectivity index (χ4n) is 2.67. The average Bonchev–Trinajstić information content (AvgIpc) is 3.16. The van der Waals surface area contributed by atoms with Gasteiger partial charge in [0.25, 0.3) is 0 Å². The monoisotopic (exact) mass is 363 g/mol. The fraction of sp³-hybridized carbons (Fsp3) is 0.158. The van der Waals surface area contributed by atoms with Crippen molar-refractivity contribution in [2.24, 2.45) is 0 Å². The molecule has 0 aliphatic heterocycles. The van der Waals surface area contributed by atoms with Gasteiger partial charge in [-0.1, -0.05) is 53.7 Å². The van der Waals surface area contributed by atoms with Gasteiger partial charge >= 0.3 is 0 Å². The fourth-order valence-corrected chi connectivity index (χ4v) is 3.47. The molecule has 1 amide bonds. The third-order valence-corrected chi connectivity index (χ3v) is 5.01. The van der Waals surface area contributed by atoms with E-state index in [9.17, 15) is 4.79 Å². The van der Waals surface area contributed by atoms with Crippen LogP contribution in [0.1, 0.15) is 11.1 Å². The molecular weight excluding hydrogens is 346 g/mol. The topological polar surface area (TPSA) is 72.2 Å². The molecule has 2 aromatic carbocycles. The van der Waals surface area contributed by atoms with Crippen LogP contribution >= 0.6 is 11.8 Å². The second-order valence-corrected chi connectivity index (χ2v) is 6.95. The molecule has 0 aliphatic carbocycles. The highest BCUT2D eigenvalue weighted by atomic mass is 32.2. The first-order valence-electron chi connectivity index (χ1n) is 8.24. The maximum atomic E-state index is 12.2. The predicted molar refractivity (Wildman–Crippen MR) is 102 cm³/mol. The van der Waals surface area contributed by atoms with Crippen LogP contribution in [-0.4, -0.2) is 31.2 Å². The van der Waals surface area contributed by atoms with Crippen molar-refractivity contribution in [1.82, 2.24) is 24.9 Å². The lowest BCUT2D eigenvalue weighted by Gasteiger charge is -2.07. The summed E-state index contributed by atoms with van der Waals surface area (Å²) in [6.07, 6.45) is 1.67. The smallest absolute Gasteiger partial charge is 0.230 e. The summed E-state index contributed by atoms with van der Waals surface area (Å²) >= 11 is 1.37. The molecule has 1 N–H and O–H groups in total. The first kappa shape index (κ1) is 16.5. The van der Waals surface area contributed by atoms with E-state index < -0.39 is 0 Å². The number of aromatic nitrogens is 4. The number of nitrogens with zero attached hydrogens (tertiary/aromatic N) is 4. The second kappa shape index (κ2) is 7.13. The number of aryl methyl sites for hydroxylation is 1. The molecule has 7 heteroatoms. The zero-order valence-electron chi connectivity index (χ0n) is 14.2. The maximum absolute atomic E-state index is 12.2. The van der Waals surface area contributed by atoms with Gasteiger partial charge in [0.1, 0.15) is 11.4 Å². The van der Waals surface area contributed by atoms with Crippen LogP contribution in [0.4, 0.5) is 0 Å². The van der Waals surface area contributed by atoms with Gasteiger partial charge in [-0.3, -0.25) is 9.20 Å². The van der Waals surface area contributed by atoms with Crippen molar-refractivity contribution in [1.29, 1.82) is 0 Å². The van der Waals surface area contributed by atoms with Gasteiger partial charge in [-0.05, 0) is 24.6 Å². The summed E-state index contributed by atoms with van der Waals surface area (Å²) in [5, 5.41) is 11.8. The minimum absolute atomic E-state index is 0.0387. The number of fused-ring (bicyclic) bond motifs is 3. The number of carbonyl (C=O) groups excluding carboxylic acids is 1. The van der Waals surface area contributed by atoms with E-state index in [1.165, 1.54) is 17.3 Å². The lowest BCUT2D eigenvalue weighted by atomic mass is 10.1. The van der Waals surface area contributed by atoms with Gasteiger partial charge < -0.3 is 5.32 Å². The Labute approximate surface area is 154 Å². The highest BCUT2D eigenvalue weighted by Crippen LogP contribution is 2.24. The Kier molecular flexibility index (Phi) is 4.53. The van der Waals surface area contributed by atoms with E-state index in [0.717, 1.165) is 16.6 Å². The molecule has 6 nitrogen and oxygen atoms in total. The highest BCUT2D eigenvalue weighted by molar-refractivity contribution is 8.00. The molecule has 4 aromatic rings. The van der Waals surface area contributed by atoms with Crippen LogP contribution in [0.2, 0.25) is 0 Å². The van der Waals surface area contributed by atoms with Crippen LogP contribution in [0.25, 0.3) is 16.7 Å². The number of hydrogen-bond acceptors (Lipinski definition) is 5. The van der Waals surface area contributed by atoms with Gasteiger partial charge in [0.15, 0.2) is 5.65 Å². The average molecular weight is 363 g/mol. The Hall–Kier alpha value is -2.93. The van der Waals surface area contributed by atoms with E-state index in [4.69, 9.17) is 0 Å². The lowest BCUT2D eigenvalue weighted by molar-refractivity contribution is -0.118. The number of hydrogen-bond donors (Lipinski definition) is 1. The SMILES string of the molecule is Cc1ccc(CNC(=O)CSc2nc3ccccc3n3cnnc23)cc1. The summed E-state index contributed by atoms with van der Waals surface area (Å²) in [6, 6.07) is 15.9. The van der Waals surface area contributed by atoms with E-state index in [1.54, 1.807) is 6.33 Å². The van der Waals surface area contributed by atoms with Gasteiger partial charge in [0, 0.05) is 6.54 Å². The van der Waals surface area contributed by atoms with Crippen molar-refractivity contribution < 1.29 is 4.79 Å². The molecule has 130 valence electrons. The van der Waals surface area contributed by atoms with Crippen LogP contribution in [-0.2, 0) is 11.3 Å². The van der Waals surface area contributed by atoms with Gasteiger partial charge in [-0.25, -0.2) is 4.98 Å². The first-order chi connectivity index (χ1) is 12.7. The third-order valence-electron chi connectivity index (χ3n) is 4.05. The maximum Gasteiger partial charge on any atom is 0.230 e. The highest BCUT2D eigenvalue weighted by Gasteiger charge is 2.12. The second-order valence-electron chi connectivity index (χ2n) is 5.98. The van der Waals surface area contributed by atoms with E-state index in [1.807, 2.05) is 59.9 Å². The summed E-state index contributed by atoms with van der Waals surface area (Å²) in [7, 11) is 0. The van der Waals surface area contributed by atoms with E-state index in [2.05, 4.69) is 20.5 Å². The lowest BCUT2D eigenvalue weighted by Crippen LogP contribution is -2.24. The standard InChI is InChI=1S/C19H17N5OS/c1-13-6-8-14(9-7-13)10-20-17(25)11-26-19-18-23-21-12-24(18)16-5-3-2-4-15(16)22-19/h2-9,12H,10-11H2,1H3,(H,20,25). The number of thioether (sulfide) groups is 1. The molecule has 2 heterocycles. The Balaban J connectivity index is 1.46. The molecule has 0 saturated heterocycles. The molecule has 0 saturated carbocycles. The molecule has 0 radical (unpaired) electrons. The van der Waals surface area contributed by atoms with Crippen molar-refractivity contribution >= 4 is 34.3 Å². The summed E-state index contributed by atoms with van der Waals surface area (Å²) in [5.74, 6) is 0.239. The molecule has 0 atom stereocenters. The molecule has 0 spiro atoms. The predicted octanol–water partition coefficient (Wildman–Crippen LogP) is 2.99. The Bertz CT molecular complexity index is 1070. The van der Waals surface area contributed by atoms with Crippen LogP contribution in [0.15, 0.2) is 59.9 Å². The molecule has 4 rings (SSSR count). The van der Waals surface area contributed by atoms with Crippen molar-refractivity contribution in [2.75, 3.05) is 5.75 Å². The Morgan fingerprint density at radius 2 is 1.96 bits per heavy atom. The minimum Gasteiger partial charge on any atom is -0.351 e. The number of rotatable bonds is 5.